The molecule has 5 rings (SSSR count). The van der Waals surface area contributed by atoms with E-state index in [1.165, 1.54) is 6.33 Å². The summed E-state index contributed by atoms with van der Waals surface area (Å²) in [5, 5.41) is 2.12. The van der Waals surface area contributed by atoms with Gasteiger partial charge in [0.2, 0.25) is 0 Å². The fourth-order valence-corrected chi connectivity index (χ4v) is 4.07. The summed E-state index contributed by atoms with van der Waals surface area (Å²) in [6, 6.07) is 20.3. The number of ether oxygens (including phenoxy) is 2. The highest BCUT2D eigenvalue weighted by Crippen LogP contribution is 2.23. The number of hydrogen-bond donors (Lipinski definition) is 1. The van der Waals surface area contributed by atoms with Crippen molar-refractivity contribution in [3.63, 3.8) is 0 Å². The van der Waals surface area contributed by atoms with Crippen LogP contribution in [0.5, 0.6) is 0 Å². The second-order valence-corrected chi connectivity index (χ2v) is 7.96. The molecule has 8 heteroatoms. The fourth-order valence-electron chi connectivity index (χ4n) is 4.07. The molecular formula is C24H25N5O3. The van der Waals surface area contributed by atoms with E-state index in [1.54, 1.807) is 6.33 Å². The summed E-state index contributed by atoms with van der Waals surface area (Å²) in [5.74, 6) is 0.168. The molecule has 0 aliphatic carbocycles. The summed E-state index contributed by atoms with van der Waals surface area (Å²) < 4.78 is 14.2. The lowest BCUT2D eigenvalue weighted by molar-refractivity contribution is -0.00985. The lowest BCUT2D eigenvalue weighted by atomic mass is 10.1. The second-order valence-electron chi connectivity index (χ2n) is 7.96. The van der Waals surface area contributed by atoms with Crippen LogP contribution in [-0.2, 0) is 22.7 Å². The van der Waals surface area contributed by atoms with Crippen LogP contribution in [0.4, 0.5) is 0 Å². The monoisotopic (exact) mass is 431 g/mol. The topological polar surface area (TPSA) is 85.3 Å². The Morgan fingerprint density at radius 3 is 2.41 bits per heavy atom. The number of benzene rings is 2. The number of rotatable bonds is 8. The van der Waals surface area contributed by atoms with Crippen LogP contribution in [0, 0.1) is 5.92 Å². The molecule has 1 N–H and O–H groups in total. The highest BCUT2D eigenvalue weighted by molar-refractivity contribution is 5.69. The third-order valence-corrected chi connectivity index (χ3v) is 5.74. The first-order chi connectivity index (χ1) is 15.8. The molecule has 0 bridgehead atoms. The number of aromatic nitrogens is 4. The van der Waals surface area contributed by atoms with Gasteiger partial charge in [-0.25, -0.2) is 14.6 Å². The minimum absolute atomic E-state index is 0.0228. The molecule has 8 nitrogen and oxygen atoms in total. The third-order valence-electron chi connectivity index (χ3n) is 5.74. The quantitative estimate of drug-likeness (QED) is 0.461. The van der Waals surface area contributed by atoms with Crippen LogP contribution in [-0.4, -0.2) is 45.4 Å². The summed E-state index contributed by atoms with van der Waals surface area (Å²) in [6.45, 7) is 3.05. The van der Waals surface area contributed by atoms with E-state index in [9.17, 15) is 4.79 Å². The zero-order valence-electron chi connectivity index (χ0n) is 17.6. The summed E-state index contributed by atoms with van der Waals surface area (Å²) in [4.78, 5) is 23.2. The molecule has 4 aromatic rings. The largest absolute Gasteiger partial charge is 0.376 e. The van der Waals surface area contributed by atoms with Gasteiger partial charge in [-0.2, -0.15) is 0 Å². The maximum Gasteiger partial charge on any atom is 0.278 e. The molecule has 2 aromatic heterocycles. The van der Waals surface area contributed by atoms with Gasteiger partial charge in [0, 0.05) is 12.5 Å². The van der Waals surface area contributed by atoms with Crippen LogP contribution in [0.25, 0.3) is 11.2 Å². The average Bonchev–Trinajstić information content (AvgIpc) is 3.44. The number of nitrogens with zero attached hydrogens (tertiary/aromatic N) is 4. The van der Waals surface area contributed by atoms with Crippen LogP contribution < -0.4 is 10.6 Å². The molecule has 1 fully saturated rings. The molecule has 3 heterocycles. The van der Waals surface area contributed by atoms with Gasteiger partial charge in [-0.05, 0) is 11.1 Å². The van der Waals surface area contributed by atoms with Gasteiger partial charge in [0.15, 0.2) is 11.2 Å². The van der Waals surface area contributed by atoms with E-state index < -0.39 is 0 Å². The molecule has 1 saturated heterocycles. The third kappa shape index (κ3) is 4.42. The van der Waals surface area contributed by atoms with Crippen LogP contribution >= 0.6 is 0 Å². The molecule has 2 aromatic carbocycles. The Labute approximate surface area is 185 Å². The maximum atomic E-state index is 12.0. The summed E-state index contributed by atoms with van der Waals surface area (Å²) >= 11 is 0. The first-order valence-corrected chi connectivity index (χ1v) is 10.7. The molecule has 0 unspecified atom stereocenters. The number of nitrogens with one attached hydrogen (secondary N) is 1. The molecule has 32 heavy (non-hydrogen) atoms. The molecular weight excluding hydrogens is 406 g/mol. The van der Waals surface area contributed by atoms with E-state index in [0.717, 1.165) is 11.1 Å². The van der Waals surface area contributed by atoms with Crippen molar-refractivity contribution in [1.82, 2.24) is 19.6 Å². The Morgan fingerprint density at radius 2 is 1.66 bits per heavy atom. The SMILES string of the molecule is O=c1[nH]cnc2c1ncn2N1C[C@H](COCc2ccccc2)[C@H](OCc2ccccc2)C1. The first kappa shape index (κ1) is 20.4. The molecule has 1 aliphatic heterocycles. The van der Waals surface area contributed by atoms with Crippen LogP contribution in [0.3, 0.4) is 0 Å². The van der Waals surface area contributed by atoms with Crippen molar-refractivity contribution in [3.8, 4) is 0 Å². The van der Waals surface area contributed by atoms with Crippen LogP contribution in [0.2, 0.25) is 0 Å². The molecule has 2 atom stereocenters. The highest BCUT2D eigenvalue weighted by atomic mass is 16.5. The van der Waals surface area contributed by atoms with Crippen LogP contribution in [0.15, 0.2) is 78.1 Å². The van der Waals surface area contributed by atoms with E-state index in [4.69, 9.17) is 9.47 Å². The van der Waals surface area contributed by atoms with Gasteiger partial charge in [0.25, 0.3) is 5.56 Å². The van der Waals surface area contributed by atoms with E-state index >= 15 is 0 Å². The minimum Gasteiger partial charge on any atom is -0.376 e. The zero-order valence-corrected chi connectivity index (χ0v) is 17.6. The van der Waals surface area contributed by atoms with E-state index in [1.807, 2.05) is 41.1 Å². The standard InChI is InChI=1S/C24H25N5O3/c30-24-22-23(25-16-26-24)29(17-27-22)28-11-20(15-31-13-18-7-3-1-4-8-18)21(12-28)32-14-19-9-5-2-6-10-19/h1-10,16-17,20-21H,11-15H2,(H,25,26,30)/t20-,21-/m1/s1. The number of H-pyrrole nitrogens is 1. The lowest BCUT2D eigenvalue weighted by Crippen LogP contribution is -2.33. The Bertz CT molecular complexity index is 1210. The van der Waals surface area contributed by atoms with E-state index in [2.05, 4.69) is 44.2 Å². The highest BCUT2D eigenvalue weighted by Gasteiger charge is 2.35. The van der Waals surface area contributed by atoms with Crippen molar-refractivity contribution in [2.24, 2.45) is 5.92 Å². The number of fused-ring (bicyclic) bond motifs is 1. The molecule has 164 valence electrons. The summed E-state index contributed by atoms with van der Waals surface area (Å²) in [6.07, 6.45) is 3.03. The van der Waals surface area contributed by atoms with Crippen molar-refractivity contribution in [2.75, 3.05) is 24.7 Å². The van der Waals surface area contributed by atoms with Gasteiger partial charge < -0.3 is 19.5 Å². The molecule has 0 saturated carbocycles. The molecule has 1 aliphatic rings. The Kier molecular flexibility index (Phi) is 5.96. The average molecular weight is 431 g/mol. The molecule has 0 spiro atoms. The Balaban J connectivity index is 1.31. The van der Waals surface area contributed by atoms with Crippen molar-refractivity contribution < 1.29 is 9.47 Å². The Morgan fingerprint density at radius 1 is 0.938 bits per heavy atom. The normalized spacial score (nSPS) is 18.4. The lowest BCUT2D eigenvalue weighted by Gasteiger charge is -2.19. The van der Waals surface area contributed by atoms with Gasteiger partial charge in [-0.15, -0.1) is 0 Å². The van der Waals surface area contributed by atoms with E-state index in [0.29, 0.717) is 44.1 Å². The maximum absolute atomic E-state index is 12.0. The summed E-state index contributed by atoms with van der Waals surface area (Å²) in [5.41, 5.74) is 2.91. The van der Waals surface area contributed by atoms with Gasteiger partial charge >= 0.3 is 0 Å². The zero-order chi connectivity index (χ0) is 21.8. The predicted octanol–water partition coefficient (Wildman–Crippen LogP) is 2.49. The van der Waals surface area contributed by atoms with Crippen LogP contribution in [0.1, 0.15) is 11.1 Å². The smallest absolute Gasteiger partial charge is 0.278 e. The summed E-state index contributed by atoms with van der Waals surface area (Å²) in [7, 11) is 0. The van der Waals surface area contributed by atoms with Crippen molar-refractivity contribution in [1.29, 1.82) is 0 Å². The van der Waals surface area contributed by atoms with E-state index in [-0.39, 0.29) is 17.6 Å². The number of hydrogen-bond acceptors (Lipinski definition) is 6. The predicted molar refractivity (Wildman–Crippen MR) is 121 cm³/mol. The Hall–Kier alpha value is -3.49. The fraction of sp³-hybridized carbons (Fsp3) is 0.292. The number of imidazole rings is 1. The second kappa shape index (κ2) is 9.33. The van der Waals surface area contributed by atoms with Gasteiger partial charge in [0.1, 0.15) is 6.33 Å². The number of aromatic amines is 1. The van der Waals surface area contributed by atoms with Gasteiger partial charge in [0.05, 0.1) is 38.8 Å². The molecule has 0 radical (unpaired) electrons. The van der Waals surface area contributed by atoms with Crippen molar-refractivity contribution in [3.05, 3.63) is 94.8 Å². The van der Waals surface area contributed by atoms with Gasteiger partial charge in [-0.1, -0.05) is 60.7 Å². The van der Waals surface area contributed by atoms with Crippen molar-refractivity contribution in [2.45, 2.75) is 19.3 Å². The first-order valence-electron chi connectivity index (χ1n) is 10.7. The van der Waals surface area contributed by atoms with Gasteiger partial charge in [-0.3, -0.25) is 4.79 Å². The minimum atomic E-state index is -0.243. The van der Waals surface area contributed by atoms with Crippen molar-refractivity contribution >= 4 is 11.2 Å². The molecule has 0 amide bonds.